The number of nitro groups is 1. The second-order valence-electron chi connectivity index (χ2n) is 4.76. The van der Waals surface area contributed by atoms with Crippen molar-refractivity contribution in [2.24, 2.45) is 0 Å². The van der Waals surface area contributed by atoms with Crippen LogP contribution in [0.25, 0.3) is 11.5 Å². The Morgan fingerprint density at radius 1 is 1.22 bits per heavy atom. The van der Waals surface area contributed by atoms with Gasteiger partial charge in [0.25, 0.3) is 5.69 Å². The highest BCUT2D eigenvalue weighted by molar-refractivity contribution is 5.51. The molecule has 0 atom stereocenters. The summed E-state index contributed by atoms with van der Waals surface area (Å²) in [6, 6.07) is 11.2. The van der Waals surface area contributed by atoms with Crippen molar-refractivity contribution in [1.29, 1.82) is 0 Å². The largest absolute Gasteiger partial charge is 0.437 e. The molecule has 0 saturated heterocycles. The van der Waals surface area contributed by atoms with Gasteiger partial charge in [-0.25, -0.2) is 9.18 Å². The predicted octanol–water partition coefficient (Wildman–Crippen LogP) is 2.60. The van der Waals surface area contributed by atoms with Crippen molar-refractivity contribution in [1.82, 2.24) is 9.78 Å². The highest BCUT2D eigenvalue weighted by Gasteiger charge is 2.12. The number of halogens is 1. The lowest BCUT2D eigenvalue weighted by Gasteiger charge is -1.99. The zero-order valence-corrected chi connectivity index (χ0v) is 11.7. The number of nitro benzene ring substituents is 1. The number of aromatic nitrogens is 2. The van der Waals surface area contributed by atoms with E-state index in [9.17, 15) is 19.3 Å². The first kappa shape index (κ1) is 14.6. The third-order valence-corrected chi connectivity index (χ3v) is 3.15. The first-order valence-corrected chi connectivity index (χ1v) is 6.60. The summed E-state index contributed by atoms with van der Waals surface area (Å²) in [5.41, 5.74) is 0.930. The molecule has 7 nitrogen and oxygen atoms in total. The maximum absolute atomic E-state index is 12.9. The summed E-state index contributed by atoms with van der Waals surface area (Å²) in [6.45, 7) is 0.0329. The smallest absolute Gasteiger partial charge is 0.388 e. The minimum atomic E-state index is -0.698. The average molecular weight is 315 g/mol. The van der Waals surface area contributed by atoms with Crippen molar-refractivity contribution >= 4 is 5.69 Å². The van der Waals surface area contributed by atoms with Crippen molar-refractivity contribution in [3.63, 3.8) is 0 Å². The molecule has 0 N–H and O–H groups in total. The highest BCUT2D eigenvalue weighted by Crippen LogP contribution is 2.17. The lowest BCUT2D eigenvalue weighted by atomic mass is 10.2. The molecule has 8 heteroatoms. The quantitative estimate of drug-likeness (QED) is 0.545. The van der Waals surface area contributed by atoms with Crippen molar-refractivity contribution < 1.29 is 13.7 Å². The summed E-state index contributed by atoms with van der Waals surface area (Å²) in [6.07, 6.45) is 0. The van der Waals surface area contributed by atoms with Crippen LogP contribution in [0.3, 0.4) is 0 Å². The molecule has 0 unspecified atom stereocenters. The number of hydrogen-bond donors (Lipinski definition) is 0. The van der Waals surface area contributed by atoms with E-state index >= 15 is 0 Å². The number of rotatable bonds is 4. The van der Waals surface area contributed by atoms with Crippen LogP contribution in [-0.2, 0) is 6.54 Å². The Balaban J connectivity index is 1.90. The Kier molecular flexibility index (Phi) is 3.71. The molecule has 0 bridgehead atoms. The van der Waals surface area contributed by atoms with Crippen LogP contribution in [0.5, 0.6) is 0 Å². The molecule has 0 spiro atoms. The summed E-state index contributed by atoms with van der Waals surface area (Å²) >= 11 is 0. The first-order valence-electron chi connectivity index (χ1n) is 6.60. The molecule has 3 rings (SSSR count). The highest BCUT2D eigenvalue weighted by atomic mass is 19.1. The van der Waals surface area contributed by atoms with Gasteiger partial charge in [0.2, 0.25) is 5.89 Å². The van der Waals surface area contributed by atoms with Crippen LogP contribution in [0.4, 0.5) is 10.1 Å². The summed E-state index contributed by atoms with van der Waals surface area (Å²) in [5, 5.41) is 14.8. The standard InChI is InChI=1S/C15H10FN3O4/c16-12-6-4-11(5-7-12)14-17-18(15(20)23-14)9-10-2-1-3-13(8-10)19(21)22/h1-8H,9H2. The van der Waals surface area contributed by atoms with Gasteiger partial charge >= 0.3 is 5.76 Å². The van der Waals surface area contributed by atoms with Crippen LogP contribution in [0, 0.1) is 15.9 Å². The zero-order chi connectivity index (χ0) is 16.4. The van der Waals surface area contributed by atoms with E-state index in [0.29, 0.717) is 11.1 Å². The van der Waals surface area contributed by atoms with Gasteiger partial charge in [0.1, 0.15) is 5.82 Å². The van der Waals surface area contributed by atoms with Gasteiger partial charge in [0.05, 0.1) is 11.5 Å². The van der Waals surface area contributed by atoms with Crippen molar-refractivity contribution in [2.75, 3.05) is 0 Å². The van der Waals surface area contributed by atoms with Gasteiger partial charge in [-0.1, -0.05) is 12.1 Å². The Morgan fingerprint density at radius 3 is 2.65 bits per heavy atom. The summed E-state index contributed by atoms with van der Waals surface area (Å²) in [5.74, 6) is -1.05. The molecule has 0 radical (unpaired) electrons. The van der Waals surface area contributed by atoms with E-state index in [4.69, 9.17) is 4.42 Å². The maximum atomic E-state index is 12.9. The van der Waals surface area contributed by atoms with Gasteiger partial charge in [-0.15, -0.1) is 5.10 Å². The molecular formula is C15H10FN3O4. The van der Waals surface area contributed by atoms with Crippen LogP contribution < -0.4 is 5.76 Å². The van der Waals surface area contributed by atoms with E-state index in [1.807, 2.05) is 0 Å². The number of nitrogens with zero attached hydrogens (tertiary/aromatic N) is 3. The fraction of sp³-hybridized carbons (Fsp3) is 0.0667. The lowest BCUT2D eigenvalue weighted by molar-refractivity contribution is -0.384. The minimum absolute atomic E-state index is 0.0329. The number of non-ortho nitro benzene ring substituents is 1. The SMILES string of the molecule is O=c1oc(-c2ccc(F)cc2)nn1Cc1cccc([N+](=O)[O-])c1. The van der Waals surface area contributed by atoms with E-state index in [2.05, 4.69) is 5.10 Å². The molecule has 0 aliphatic carbocycles. The van der Waals surface area contributed by atoms with Crippen LogP contribution in [-0.4, -0.2) is 14.7 Å². The van der Waals surface area contributed by atoms with E-state index in [0.717, 1.165) is 4.68 Å². The Hall–Kier alpha value is -3.29. The molecule has 0 saturated carbocycles. The van der Waals surface area contributed by atoms with Crippen molar-refractivity contribution in [3.05, 3.63) is 80.6 Å². The maximum Gasteiger partial charge on any atom is 0.437 e. The minimum Gasteiger partial charge on any atom is -0.388 e. The van der Waals surface area contributed by atoms with Crippen molar-refractivity contribution in [2.45, 2.75) is 6.54 Å². The molecule has 2 aromatic carbocycles. The van der Waals surface area contributed by atoms with Gasteiger partial charge in [-0.2, -0.15) is 4.68 Å². The van der Waals surface area contributed by atoms with Gasteiger partial charge in [-0.3, -0.25) is 10.1 Å². The lowest BCUT2D eigenvalue weighted by Crippen LogP contribution is -2.16. The van der Waals surface area contributed by atoms with Crippen molar-refractivity contribution in [3.8, 4) is 11.5 Å². The third-order valence-electron chi connectivity index (χ3n) is 3.15. The molecule has 23 heavy (non-hydrogen) atoms. The van der Waals surface area contributed by atoms with E-state index in [-0.39, 0.29) is 18.1 Å². The number of benzene rings is 2. The topological polar surface area (TPSA) is 91.2 Å². The van der Waals surface area contributed by atoms with Crippen LogP contribution in [0.15, 0.2) is 57.7 Å². The van der Waals surface area contributed by atoms with Crippen LogP contribution in [0.2, 0.25) is 0 Å². The second-order valence-corrected chi connectivity index (χ2v) is 4.76. The Labute approximate surface area is 128 Å². The fourth-order valence-corrected chi connectivity index (χ4v) is 2.06. The molecule has 116 valence electrons. The first-order chi connectivity index (χ1) is 11.0. The van der Waals surface area contributed by atoms with Crippen LogP contribution >= 0.6 is 0 Å². The average Bonchev–Trinajstić information content (AvgIpc) is 2.89. The van der Waals surface area contributed by atoms with E-state index in [1.54, 1.807) is 6.07 Å². The summed E-state index contributed by atoms with van der Waals surface area (Å²) < 4.78 is 19.0. The van der Waals surface area contributed by atoms with Gasteiger partial charge in [0, 0.05) is 17.7 Å². The molecule has 1 aromatic heterocycles. The second kappa shape index (κ2) is 5.84. The Morgan fingerprint density at radius 2 is 1.96 bits per heavy atom. The normalized spacial score (nSPS) is 10.7. The molecular weight excluding hydrogens is 305 g/mol. The summed E-state index contributed by atoms with van der Waals surface area (Å²) in [7, 11) is 0. The van der Waals surface area contributed by atoms with Gasteiger partial charge in [-0.05, 0) is 29.8 Å². The Bertz CT molecular complexity index is 915. The summed E-state index contributed by atoms with van der Waals surface area (Å²) in [4.78, 5) is 22.1. The molecule has 0 amide bonds. The molecule has 0 aliphatic heterocycles. The molecule has 0 fully saturated rings. The molecule has 1 heterocycles. The molecule has 0 aliphatic rings. The molecule has 3 aromatic rings. The number of hydrogen-bond acceptors (Lipinski definition) is 5. The third kappa shape index (κ3) is 3.15. The van der Waals surface area contributed by atoms with Gasteiger partial charge < -0.3 is 4.42 Å². The van der Waals surface area contributed by atoms with Crippen LogP contribution in [0.1, 0.15) is 5.56 Å². The fourth-order valence-electron chi connectivity index (χ4n) is 2.06. The van der Waals surface area contributed by atoms with E-state index in [1.165, 1.54) is 42.5 Å². The monoisotopic (exact) mass is 315 g/mol. The van der Waals surface area contributed by atoms with Gasteiger partial charge in [0.15, 0.2) is 0 Å². The predicted molar refractivity (Wildman–Crippen MR) is 78.4 cm³/mol. The zero-order valence-electron chi connectivity index (χ0n) is 11.7. The van der Waals surface area contributed by atoms with E-state index < -0.39 is 16.5 Å².